The molecule has 0 saturated carbocycles. The highest BCUT2D eigenvalue weighted by atomic mass is 19.1. The predicted molar refractivity (Wildman–Crippen MR) is 108 cm³/mol. The molecule has 3 rings (SSSR count). The number of aromatic nitrogens is 2. The average Bonchev–Trinajstić information content (AvgIpc) is 2.95. The molecule has 0 unspecified atom stereocenters. The molecular formula is C22H22FN3O2. The highest BCUT2D eigenvalue weighted by Gasteiger charge is 2.12. The number of carbonyl (C=O) groups excluding carboxylic acids is 1. The zero-order valence-electron chi connectivity index (χ0n) is 16.3. The van der Waals surface area contributed by atoms with Gasteiger partial charge in [-0.2, -0.15) is 5.10 Å². The fraction of sp³-hybridized carbons (Fsp3) is 0.182. The summed E-state index contributed by atoms with van der Waals surface area (Å²) in [4.78, 5) is 12.4. The summed E-state index contributed by atoms with van der Waals surface area (Å²) in [6.45, 7) is 5.72. The normalized spacial score (nSPS) is 11.0. The van der Waals surface area contributed by atoms with Gasteiger partial charge in [-0.15, -0.1) is 0 Å². The van der Waals surface area contributed by atoms with E-state index in [1.54, 1.807) is 30.0 Å². The van der Waals surface area contributed by atoms with Crippen molar-refractivity contribution in [1.29, 1.82) is 0 Å². The van der Waals surface area contributed by atoms with Gasteiger partial charge in [-0.1, -0.05) is 6.07 Å². The van der Waals surface area contributed by atoms with Crippen molar-refractivity contribution >= 4 is 17.7 Å². The van der Waals surface area contributed by atoms with Gasteiger partial charge in [0.2, 0.25) is 5.91 Å². The largest absolute Gasteiger partial charge is 0.495 e. The maximum Gasteiger partial charge on any atom is 0.248 e. The van der Waals surface area contributed by atoms with Crippen LogP contribution in [0, 0.1) is 26.6 Å². The van der Waals surface area contributed by atoms with Crippen molar-refractivity contribution in [3.8, 4) is 11.4 Å². The van der Waals surface area contributed by atoms with Gasteiger partial charge in [-0.25, -0.2) is 9.07 Å². The Morgan fingerprint density at radius 1 is 1.14 bits per heavy atom. The number of halogens is 1. The monoisotopic (exact) mass is 379 g/mol. The Morgan fingerprint density at radius 2 is 1.86 bits per heavy atom. The van der Waals surface area contributed by atoms with E-state index in [9.17, 15) is 9.18 Å². The minimum absolute atomic E-state index is 0.266. The quantitative estimate of drug-likeness (QED) is 0.659. The zero-order chi connectivity index (χ0) is 20.3. The van der Waals surface area contributed by atoms with Crippen LogP contribution in [0.1, 0.15) is 22.5 Å². The van der Waals surface area contributed by atoms with E-state index in [1.165, 1.54) is 18.2 Å². The molecule has 0 aliphatic carbocycles. The van der Waals surface area contributed by atoms with Crippen LogP contribution in [-0.2, 0) is 4.79 Å². The fourth-order valence-corrected chi connectivity index (χ4v) is 2.98. The number of hydrogen-bond donors (Lipinski definition) is 1. The van der Waals surface area contributed by atoms with Crippen LogP contribution in [0.3, 0.4) is 0 Å². The van der Waals surface area contributed by atoms with Gasteiger partial charge in [-0.3, -0.25) is 4.79 Å². The van der Waals surface area contributed by atoms with Crippen LogP contribution in [0.2, 0.25) is 0 Å². The van der Waals surface area contributed by atoms with Crippen molar-refractivity contribution in [3.05, 3.63) is 76.9 Å². The first-order chi connectivity index (χ1) is 13.4. The summed E-state index contributed by atoms with van der Waals surface area (Å²) in [5, 5.41) is 7.34. The van der Waals surface area contributed by atoms with E-state index in [-0.39, 0.29) is 11.7 Å². The number of aryl methyl sites for hydroxylation is 2. The van der Waals surface area contributed by atoms with E-state index in [0.29, 0.717) is 11.4 Å². The molecule has 2 aromatic carbocycles. The lowest BCUT2D eigenvalue weighted by atomic mass is 10.1. The van der Waals surface area contributed by atoms with Crippen LogP contribution in [0.25, 0.3) is 11.8 Å². The molecular weight excluding hydrogens is 357 g/mol. The maximum absolute atomic E-state index is 13.2. The second-order valence-corrected chi connectivity index (χ2v) is 6.50. The molecule has 0 bridgehead atoms. The Bertz CT molecular complexity index is 1040. The average molecular weight is 379 g/mol. The van der Waals surface area contributed by atoms with E-state index < -0.39 is 0 Å². The number of nitrogens with one attached hydrogen (secondary N) is 1. The molecule has 0 fully saturated rings. The van der Waals surface area contributed by atoms with Crippen molar-refractivity contribution in [1.82, 2.24) is 9.78 Å². The van der Waals surface area contributed by atoms with Crippen molar-refractivity contribution in [2.45, 2.75) is 20.8 Å². The Hall–Kier alpha value is -3.41. The molecule has 0 radical (unpaired) electrons. The first kappa shape index (κ1) is 19.4. The minimum Gasteiger partial charge on any atom is -0.495 e. The van der Waals surface area contributed by atoms with Gasteiger partial charge in [0.1, 0.15) is 11.6 Å². The zero-order valence-corrected chi connectivity index (χ0v) is 16.3. The molecule has 144 valence electrons. The molecule has 6 heteroatoms. The van der Waals surface area contributed by atoms with Gasteiger partial charge >= 0.3 is 0 Å². The SMILES string of the molecule is COc1ccc(C)cc1NC(=O)/C=C/c1c(C)nn(-c2ccc(F)cc2)c1C. The molecule has 3 aromatic rings. The van der Waals surface area contributed by atoms with Gasteiger partial charge < -0.3 is 10.1 Å². The molecule has 0 saturated heterocycles. The smallest absolute Gasteiger partial charge is 0.248 e. The summed E-state index contributed by atoms with van der Waals surface area (Å²) >= 11 is 0. The lowest BCUT2D eigenvalue weighted by molar-refractivity contribution is -0.111. The first-order valence-corrected chi connectivity index (χ1v) is 8.85. The van der Waals surface area contributed by atoms with Crippen LogP contribution in [0.5, 0.6) is 5.75 Å². The topological polar surface area (TPSA) is 56.1 Å². The van der Waals surface area contributed by atoms with E-state index in [2.05, 4.69) is 10.4 Å². The predicted octanol–water partition coefficient (Wildman–Crippen LogP) is 4.60. The lowest BCUT2D eigenvalue weighted by Crippen LogP contribution is -2.09. The number of anilines is 1. The van der Waals surface area contributed by atoms with Gasteiger partial charge in [0.15, 0.2) is 0 Å². The summed E-state index contributed by atoms with van der Waals surface area (Å²) in [5.74, 6) is 0.0368. The lowest BCUT2D eigenvalue weighted by Gasteiger charge is -2.09. The van der Waals surface area contributed by atoms with Crippen LogP contribution >= 0.6 is 0 Å². The second kappa shape index (κ2) is 8.08. The van der Waals surface area contributed by atoms with Crippen molar-refractivity contribution < 1.29 is 13.9 Å². The number of methoxy groups -OCH3 is 1. The van der Waals surface area contributed by atoms with Crippen LogP contribution in [0.15, 0.2) is 48.5 Å². The Balaban J connectivity index is 1.82. The van der Waals surface area contributed by atoms with Crippen LogP contribution < -0.4 is 10.1 Å². The van der Waals surface area contributed by atoms with Gasteiger partial charge in [-0.05, 0) is 68.8 Å². The third-order valence-corrected chi connectivity index (χ3v) is 4.43. The van der Waals surface area contributed by atoms with E-state index in [0.717, 1.165) is 28.2 Å². The Kier molecular flexibility index (Phi) is 5.59. The van der Waals surface area contributed by atoms with Gasteiger partial charge in [0.05, 0.1) is 24.2 Å². The van der Waals surface area contributed by atoms with E-state index in [4.69, 9.17) is 4.74 Å². The number of rotatable bonds is 5. The van der Waals surface area contributed by atoms with Gasteiger partial charge in [0.25, 0.3) is 0 Å². The number of nitrogens with zero attached hydrogens (tertiary/aromatic N) is 2. The number of ether oxygens (including phenoxy) is 1. The standard InChI is InChI=1S/C22H22FN3O2/c1-14-5-11-21(28-4)20(13-14)24-22(27)12-10-19-15(2)25-26(16(19)3)18-8-6-17(23)7-9-18/h5-13H,1-4H3,(H,24,27)/b12-10+. The molecule has 5 nitrogen and oxygen atoms in total. The maximum atomic E-state index is 13.2. The summed E-state index contributed by atoms with van der Waals surface area (Å²) in [6, 6.07) is 11.7. The third-order valence-electron chi connectivity index (χ3n) is 4.43. The van der Waals surface area contributed by atoms with Crippen molar-refractivity contribution in [3.63, 3.8) is 0 Å². The minimum atomic E-state index is -0.298. The molecule has 1 amide bonds. The molecule has 1 heterocycles. The molecule has 1 aromatic heterocycles. The third kappa shape index (κ3) is 4.11. The summed E-state index contributed by atoms with van der Waals surface area (Å²) in [5.41, 5.74) is 4.88. The fourth-order valence-electron chi connectivity index (χ4n) is 2.98. The van der Waals surface area contributed by atoms with Crippen molar-refractivity contribution in [2.24, 2.45) is 0 Å². The number of carbonyl (C=O) groups is 1. The highest BCUT2D eigenvalue weighted by Crippen LogP contribution is 2.25. The molecule has 0 atom stereocenters. The van der Waals surface area contributed by atoms with E-state index in [1.807, 2.05) is 39.0 Å². The van der Waals surface area contributed by atoms with Crippen LogP contribution in [-0.4, -0.2) is 22.8 Å². The Labute approximate surface area is 163 Å². The molecule has 1 N–H and O–H groups in total. The molecule has 0 spiro atoms. The molecule has 0 aliphatic rings. The highest BCUT2D eigenvalue weighted by molar-refractivity contribution is 6.03. The number of hydrogen-bond acceptors (Lipinski definition) is 3. The Morgan fingerprint density at radius 3 is 2.54 bits per heavy atom. The van der Waals surface area contributed by atoms with Gasteiger partial charge in [0, 0.05) is 17.3 Å². The number of benzene rings is 2. The van der Waals surface area contributed by atoms with Crippen molar-refractivity contribution in [2.75, 3.05) is 12.4 Å². The van der Waals surface area contributed by atoms with Crippen LogP contribution in [0.4, 0.5) is 10.1 Å². The molecule has 28 heavy (non-hydrogen) atoms. The summed E-state index contributed by atoms with van der Waals surface area (Å²) in [6.07, 6.45) is 3.20. The summed E-state index contributed by atoms with van der Waals surface area (Å²) < 4.78 is 20.2. The van der Waals surface area contributed by atoms with E-state index >= 15 is 0 Å². The second-order valence-electron chi connectivity index (χ2n) is 6.50. The summed E-state index contributed by atoms with van der Waals surface area (Å²) in [7, 11) is 1.56. The first-order valence-electron chi connectivity index (χ1n) is 8.85. The molecule has 0 aliphatic heterocycles. The number of amides is 1.